The zero-order valence-corrected chi connectivity index (χ0v) is 10.3. The number of nitrogens with two attached hydrogens (primary N) is 1. The summed E-state index contributed by atoms with van der Waals surface area (Å²) in [6.07, 6.45) is 0.975. The van der Waals surface area contributed by atoms with Gasteiger partial charge in [-0.2, -0.15) is 0 Å². The van der Waals surface area contributed by atoms with Crippen molar-refractivity contribution in [2.75, 3.05) is 25.1 Å². The first-order valence-corrected chi connectivity index (χ1v) is 5.80. The SMILES string of the molecule is Cc1cc(C)c2c(c1)N(C)C(CCN)CO2. The summed E-state index contributed by atoms with van der Waals surface area (Å²) in [5.41, 5.74) is 9.31. The highest BCUT2D eigenvalue weighted by Crippen LogP contribution is 2.37. The summed E-state index contributed by atoms with van der Waals surface area (Å²) in [5.74, 6) is 1.03. The third kappa shape index (κ3) is 1.87. The van der Waals surface area contributed by atoms with Crippen LogP contribution in [-0.2, 0) is 0 Å². The van der Waals surface area contributed by atoms with Gasteiger partial charge in [-0.3, -0.25) is 0 Å². The van der Waals surface area contributed by atoms with Gasteiger partial charge in [-0.25, -0.2) is 0 Å². The van der Waals surface area contributed by atoms with Crippen molar-refractivity contribution in [1.82, 2.24) is 0 Å². The highest BCUT2D eigenvalue weighted by Gasteiger charge is 2.25. The summed E-state index contributed by atoms with van der Waals surface area (Å²) in [5, 5.41) is 0. The standard InChI is InChI=1S/C13H20N2O/c1-9-6-10(2)13-12(7-9)15(3)11(4-5-14)8-16-13/h6-7,11H,4-5,8,14H2,1-3H3. The number of benzene rings is 1. The molecule has 0 fully saturated rings. The molecule has 1 aromatic carbocycles. The average molecular weight is 220 g/mol. The Bertz CT molecular complexity index is 390. The molecule has 1 aromatic rings. The van der Waals surface area contributed by atoms with E-state index in [1.807, 2.05) is 0 Å². The quantitative estimate of drug-likeness (QED) is 0.826. The zero-order valence-electron chi connectivity index (χ0n) is 10.3. The van der Waals surface area contributed by atoms with Gasteiger partial charge in [0, 0.05) is 7.05 Å². The van der Waals surface area contributed by atoms with E-state index in [4.69, 9.17) is 10.5 Å². The lowest BCUT2D eigenvalue weighted by Gasteiger charge is -2.36. The Labute approximate surface area is 97.2 Å². The number of likely N-dealkylation sites (N-methyl/N-ethyl adjacent to an activating group) is 1. The van der Waals surface area contributed by atoms with E-state index in [1.54, 1.807) is 0 Å². The molecule has 16 heavy (non-hydrogen) atoms. The fourth-order valence-corrected chi connectivity index (χ4v) is 2.34. The topological polar surface area (TPSA) is 38.5 Å². The monoisotopic (exact) mass is 220 g/mol. The smallest absolute Gasteiger partial charge is 0.145 e. The third-order valence-electron chi connectivity index (χ3n) is 3.25. The van der Waals surface area contributed by atoms with Crippen molar-refractivity contribution < 1.29 is 4.74 Å². The van der Waals surface area contributed by atoms with E-state index in [-0.39, 0.29) is 0 Å². The first kappa shape index (κ1) is 11.3. The number of anilines is 1. The number of hydrogen-bond donors (Lipinski definition) is 1. The minimum Gasteiger partial charge on any atom is -0.489 e. The van der Waals surface area contributed by atoms with Crippen LogP contribution in [0.5, 0.6) is 5.75 Å². The number of aryl methyl sites for hydroxylation is 2. The van der Waals surface area contributed by atoms with Gasteiger partial charge < -0.3 is 15.4 Å². The predicted molar refractivity (Wildman–Crippen MR) is 67.3 cm³/mol. The molecule has 0 amide bonds. The second-order valence-corrected chi connectivity index (χ2v) is 4.58. The van der Waals surface area contributed by atoms with Crippen LogP contribution in [-0.4, -0.2) is 26.2 Å². The second kappa shape index (κ2) is 4.34. The lowest BCUT2D eigenvalue weighted by Crippen LogP contribution is -2.41. The van der Waals surface area contributed by atoms with Crippen molar-refractivity contribution in [3.63, 3.8) is 0 Å². The molecule has 2 rings (SSSR count). The Kier molecular flexibility index (Phi) is 3.06. The van der Waals surface area contributed by atoms with E-state index in [9.17, 15) is 0 Å². The van der Waals surface area contributed by atoms with Crippen molar-refractivity contribution in [3.8, 4) is 5.75 Å². The summed E-state index contributed by atoms with van der Waals surface area (Å²) in [7, 11) is 2.13. The summed E-state index contributed by atoms with van der Waals surface area (Å²) in [6, 6.07) is 4.75. The molecular formula is C13H20N2O. The van der Waals surface area contributed by atoms with Crippen LogP contribution in [0, 0.1) is 13.8 Å². The molecule has 3 nitrogen and oxygen atoms in total. The normalized spacial score (nSPS) is 19.2. The highest BCUT2D eigenvalue weighted by atomic mass is 16.5. The van der Waals surface area contributed by atoms with Crippen molar-refractivity contribution >= 4 is 5.69 Å². The molecule has 0 bridgehead atoms. The van der Waals surface area contributed by atoms with Gasteiger partial charge in [0.15, 0.2) is 0 Å². The molecule has 0 saturated heterocycles. The molecular weight excluding hydrogens is 200 g/mol. The number of hydrogen-bond acceptors (Lipinski definition) is 3. The van der Waals surface area contributed by atoms with E-state index in [0.717, 1.165) is 18.8 Å². The molecule has 0 saturated carbocycles. The fraction of sp³-hybridized carbons (Fsp3) is 0.538. The van der Waals surface area contributed by atoms with Crippen molar-refractivity contribution in [3.05, 3.63) is 23.3 Å². The van der Waals surface area contributed by atoms with Crippen LogP contribution in [0.3, 0.4) is 0 Å². The van der Waals surface area contributed by atoms with Crippen LogP contribution in [0.25, 0.3) is 0 Å². The largest absolute Gasteiger partial charge is 0.489 e. The lowest BCUT2D eigenvalue weighted by molar-refractivity contribution is 0.259. The van der Waals surface area contributed by atoms with Crippen LogP contribution >= 0.6 is 0 Å². The molecule has 2 N–H and O–H groups in total. The predicted octanol–water partition coefficient (Wildman–Crippen LogP) is 1.85. The van der Waals surface area contributed by atoms with Gasteiger partial charge >= 0.3 is 0 Å². The van der Waals surface area contributed by atoms with Crippen LogP contribution in [0.2, 0.25) is 0 Å². The molecule has 1 unspecified atom stereocenters. The van der Waals surface area contributed by atoms with Gasteiger partial charge in [0.1, 0.15) is 12.4 Å². The Hall–Kier alpha value is -1.22. The van der Waals surface area contributed by atoms with Gasteiger partial charge in [0.05, 0.1) is 11.7 Å². The minimum atomic E-state index is 0.402. The molecule has 0 radical (unpaired) electrons. The lowest BCUT2D eigenvalue weighted by atomic mass is 10.0. The first-order valence-electron chi connectivity index (χ1n) is 5.80. The summed E-state index contributed by atoms with van der Waals surface area (Å²) < 4.78 is 5.85. The Morgan fingerprint density at radius 2 is 2.19 bits per heavy atom. The highest BCUT2D eigenvalue weighted by molar-refractivity contribution is 5.64. The molecule has 0 aliphatic carbocycles. The molecule has 0 aromatic heterocycles. The van der Waals surface area contributed by atoms with Crippen molar-refractivity contribution in [2.24, 2.45) is 5.73 Å². The van der Waals surface area contributed by atoms with E-state index in [0.29, 0.717) is 12.6 Å². The van der Waals surface area contributed by atoms with Gasteiger partial charge in [-0.15, -0.1) is 0 Å². The molecule has 88 valence electrons. The van der Waals surface area contributed by atoms with Crippen molar-refractivity contribution in [1.29, 1.82) is 0 Å². The average Bonchev–Trinajstić information content (AvgIpc) is 2.23. The van der Waals surface area contributed by atoms with Gasteiger partial charge in [0.2, 0.25) is 0 Å². The third-order valence-corrected chi connectivity index (χ3v) is 3.25. The molecule has 1 aliphatic rings. The Morgan fingerprint density at radius 3 is 2.88 bits per heavy atom. The van der Waals surface area contributed by atoms with E-state index in [1.165, 1.54) is 16.8 Å². The van der Waals surface area contributed by atoms with Crippen LogP contribution in [0.15, 0.2) is 12.1 Å². The number of rotatable bonds is 2. The zero-order chi connectivity index (χ0) is 11.7. The maximum absolute atomic E-state index is 5.85. The molecule has 0 spiro atoms. The Balaban J connectivity index is 2.36. The maximum Gasteiger partial charge on any atom is 0.145 e. The summed E-state index contributed by atoms with van der Waals surface area (Å²) in [4.78, 5) is 2.30. The van der Waals surface area contributed by atoms with Crippen molar-refractivity contribution in [2.45, 2.75) is 26.3 Å². The second-order valence-electron chi connectivity index (χ2n) is 4.58. The number of ether oxygens (including phenoxy) is 1. The van der Waals surface area contributed by atoms with E-state index in [2.05, 4.69) is 37.9 Å². The molecule has 1 aliphatic heterocycles. The molecule has 3 heteroatoms. The first-order chi connectivity index (χ1) is 7.63. The van der Waals surface area contributed by atoms with Gasteiger partial charge in [-0.1, -0.05) is 6.07 Å². The number of nitrogens with zero attached hydrogens (tertiary/aromatic N) is 1. The van der Waals surface area contributed by atoms with E-state index < -0.39 is 0 Å². The summed E-state index contributed by atoms with van der Waals surface area (Å²) in [6.45, 7) is 5.67. The molecule has 1 heterocycles. The Morgan fingerprint density at radius 1 is 1.44 bits per heavy atom. The molecule has 1 atom stereocenters. The minimum absolute atomic E-state index is 0.402. The van der Waals surface area contributed by atoms with E-state index >= 15 is 0 Å². The summed E-state index contributed by atoms with van der Waals surface area (Å²) >= 11 is 0. The van der Waals surface area contributed by atoms with Crippen LogP contribution in [0.1, 0.15) is 17.5 Å². The maximum atomic E-state index is 5.85. The van der Waals surface area contributed by atoms with Gasteiger partial charge in [-0.05, 0) is 44.0 Å². The number of fused-ring (bicyclic) bond motifs is 1. The van der Waals surface area contributed by atoms with Crippen LogP contribution in [0.4, 0.5) is 5.69 Å². The van der Waals surface area contributed by atoms with Crippen LogP contribution < -0.4 is 15.4 Å². The van der Waals surface area contributed by atoms with Gasteiger partial charge in [0.25, 0.3) is 0 Å². The fourth-order valence-electron chi connectivity index (χ4n) is 2.34.